The molecule has 0 saturated heterocycles. The van der Waals surface area contributed by atoms with Crippen LogP contribution >= 0.6 is 11.6 Å². The third-order valence-electron chi connectivity index (χ3n) is 2.47. The molecule has 1 aromatic rings. The first-order valence-corrected chi connectivity index (χ1v) is 5.03. The highest BCUT2D eigenvalue weighted by Crippen LogP contribution is 2.30. The van der Waals surface area contributed by atoms with Gasteiger partial charge in [0.2, 0.25) is 0 Å². The SMILES string of the molecule is COc1ccc(Cl)cc1C(C)C(C)N. The summed E-state index contributed by atoms with van der Waals surface area (Å²) in [6, 6.07) is 5.69. The van der Waals surface area contributed by atoms with Crippen molar-refractivity contribution >= 4 is 11.6 Å². The maximum Gasteiger partial charge on any atom is 0.122 e. The predicted molar refractivity (Wildman–Crippen MR) is 60.1 cm³/mol. The molecular weight excluding hydrogens is 198 g/mol. The van der Waals surface area contributed by atoms with Crippen molar-refractivity contribution < 1.29 is 4.74 Å². The lowest BCUT2D eigenvalue weighted by molar-refractivity contribution is 0.403. The molecule has 2 unspecified atom stereocenters. The Balaban J connectivity index is 3.10. The molecule has 0 aromatic heterocycles. The molecular formula is C11H16ClNO. The molecule has 0 aliphatic heterocycles. The Morgan fingerprint density at radius 2 is 2.00 bits per heavy atom. The average Bonchev–Trinajstić information content (AvgIpc) is 2.16. The normalized spacial score (nSPS) is 14.9. The molecule has 1 rings (SSSR count). The van der Waals surface area contributed by atoms with Crippen molar-refractivity contribution in [3.63, 3.8) is 0 Å². The smallest absolute Gasteiger partial charge is 0.122 e. The van der Waals surface area contributed by atoms with E-state index >= 15 is 0 Å². The van der Waals surface area contributed by atoms with Gasteiger partial charge in [0.1, 0.15) is 5.75 Å². The molecule has 0 fully saturated rings. The largest absolute Gasteiger partial charge is 0.496 e. The van der Waals surface area contributed by atoms with Gasteiger partial charge in [0.15, 0.2) is 0 Å². The Bertz CT molecular complexity index is 312. The zero-order valence-corrected chi connectivity index (χ0v) is 9.51. The van der Waals surface area contributed by atoms with Crippen LogP contribution in [0, 0.1) is 0 Å². The summed E-state index contributed by atoms with van der Waals surface area (Å²) in [7, 11) is 1.65. The lowest BCUT2D eigenvalue weighted by Crippen LogP contribution is -2.22. The summed E-state index contributed by atoms with van der Waals surface area (Å²) in [4.78, 5) is 0. The maximum absolute atomic E-state index is 5.93. The standard InChI is InChI=1S/C11H16ClNO/c1-7(8(2)13)10-6-9(12)4-5-11(10)14-3/h4-8H,13H2,1-3H3. The molecule has 3 heteroatoms. The Labute approximate surface area is 90.0 Å². The molecule has 0 heterocycles. The number of nitrogens with two attached hydrogens (primary N) is 1. The van der Waals surface area contributed by atoms with Gasteiger partial charge in [-0.1, -0.05) is 18.5 Å². The second kappa shape index (κ2) is 4.67. The van der Waals surface area contributed by atoms with Gasteiger partial charge in [-0.25, -0.2) is 0 Å². The molecule has 14 heavy (non-hydrogen) atoms. The van der Waals surface area contributed by atoms with Crippen molar-refractivity contribution in [2.24, 2.45) is 5.73 Å². The Morgan fingerprint density at radius 3 is 2.50 bits per heavy atom. The highest BCUT2D eigenvalue weighted by molar-refractivity contribution is 6.30. The highest BCUT2D eigenvalue weighted by Gasteiger charge is 2.15. The van der Waals surface area contributed by atoms with E-state index < -0.39 is 0 Å². The molecule has 0 aliphatic carbocycles. The van der Waals surface area contributed by atoms with Gasteiger partial charge in [0, 0.05) is 11.1 Å². The number of hydrogen-bond donors (Lipinski definition) is 1. The molecule has 1 aromatic carbocycles. The second-order valence-corrected chi connectivity index (χ2v) is 3.97. The fraction of sp³-hybridized carbons (Fsp3) is 0.455. The molecule has 0 bridgehead atoms. The lowest BCUT2D eigenvalue weighted by atomic mass is 9.94. The number of hydrogen-bond acceptors (Lipinski definition) is 2. The van der Waals surface area contributed by atoms with Crippen LogP contribution < -0.4 is 10.5 Å². The fourth-order valence-corrected chi connectivity index (χ4v) is 1.52. The molecule has 0 saturated carbocycles. The van der Waals surface area contributed by atoms with Gasteiger partial charge in [0.25, 0.3) is 0 Å². The van der Waals surface area contributed by atoms with Gasteiger partial charge < -0.3 is 10.5 Å². The number of ether oxygens (including phenoxy) is 1. The van der Waals surface area contributed by atoms with Crippen molar-refractivity contribution in [2.45, 2.75) is 25.8 Å². The third kappa shape index (κ3) is 2.40. The van der Waals surface area contributed by atoms with Crippen LogP contribution in [0.25, 0.3) is 0 Å². The summed E-state index contributed by atoms with van der Waals surface area (Å²) in [6.07, 6.45) is 0. The first-order valence-electron chi connectivity index (χ1n) is 4.65. The summed E-state index contributed by atoms with van der Waals surface area (Å²) in [5, 5.41) is 0.716. The maximum atomic E-state index is 5.93. The third-order valence-corrected chi connectivity index (χ3v) is 2.71. The molecule has 2 atom stereocenters. The van der Waals surface area contributed by atoms with Crippen LogP contribution in [0.4, 0.5) is 0 Å². The van der Waals surface area contributed by atoms with Gasteiger partial charge in [-0.15, -0.1) is 0 Å². The van der Waals surface area contributed by atoms with Gasteiger partial charge in [-0.05, 0) is 36.6 Å². The van der Waals surface area contributed by atoms with Gasteiger partial charge in [-0.2, -0.15) is 0 Å². The van der Waals surface area contributed by atoms with Crippen molar-refractivity contribution in [1.82, 2.24) is 0 Å². The summed E-state index contributed by atoms with van der Waals surface area (Å²) in [5.41, 5.74) is 6.91. The topological polar surface area (TPSA) is 35.2 Å². The number of halogens is 1. The molecule has 0 spiro atoms. The second-order valence-electron chi connectivity index (χ2n) is 3.53. The van der Waals surface area contributed by atoms with E-state index in [2.05, 4.69) is 6.92 Å². The van der Waals surface area contributed by atoms with Gasteiger partial charge in [-0.3, -0.25) is 0 Å². The molecule has 2 N–H and O–H groups in total. The summed E-state index contributed by atoms with van der Waals surface area (Å²) in [5.74, 6) is 1.09. The van der Waals surface area contributed by atoms with E-state index in [9.17, 15) is 0 Å². The van der Waals surface area contributed by atoms with Crippen molar-refractivity contribution in [3.8, 4) is 5.75 Å². The van der Waals surface area contributed by atoms with Crippen molar-refractivity contribution in [2.75, 3.05) is 7.11 Å². The molecule has 0 amide bonds. The van der Waals surface area contributed by atoms with E-state index in [-0.39, 0.29) is 12.0 Å². The minimum atomic E-state index is 0.0855. The minimum absolute atomic E-state index is 0.0855. The number of methoxy groups -OCH3 is 1. The minimum Gasteiger partial charge on any atom is -0.496 e. The van der Waals surface area contributed by atoms with Crippen LogP contribution in [0.2, 0.25) is 5.02 Å². The van der Waals surface area contributed by atoms with Crippen LogP contribution in [-0.4, -0.2) is 13.2 Å². The van der Waals surface area contributed by atoms with Crippen molar-refractivity contribution in [3.05, 3.63) is 28.8 Å². The van der Waals surface area contributed by atoms with Crippen LogP contribution in [0.1, 0.15) is 25.3 Å². The first-order chi connectivity index (χ1) is 6.56. The number of benzene rings is 1. The quantitative estimate of drug-likeness (QED) is 0.838. The van der Waals surface area contributed by atoms with Crippen LogP contribution in [0.5, 0.6) is 5.75 Å². The number of rotatable bonds is 3. The Hall–Kier alpha value is -0.730. The van der Waals surface area contributed by atoms with Gasteiger partial charge in [0.05, 0.1) is 7.11 Å². The zero-order chi connectivity index (χ0) is 10.7. The van der Waals surface area contributed by atoms with Crippen LogP contribution in [0.3, 0.4) is 0 Å². The van der Waals surface area contributed by atoms with Crippen molar-refractivity contribution in [1.29, 1.82) is 0 Å². The zero-order valence-electron chi connectivity index (χ0n) is 8.75. The Kier molecular flexibility index (Phi) is 3.78. The molecule has 0 radical (unpaired) electrons. The van der Waals surface area contributed by atoms with E-state index in [0.717, 1.165) is 11.3 Å². The molecule has 0 aliphatic rings. The van der Waals surface area contributed by atoms with E-state index in [1.165, 1.54) is 0 Å². The Morgan fingerprint density at radius 1 is 1.36 bits per heavy atom. The van der Waals surface area contributed by atoms with E-state index in [1.54, 1.807) is 7.11 Å². The summed E-state index contributed by atoms with van der Waals surface area (Å²) < 4.78 is 5.26. The van der Waals surface area contributed by atoms with E-state index in [0.29, 0.717) is 5.02 Å². The molecule has 78 valence electrons. The summed E-state index contributed by atoms with van der Waals surface area (Å²) in [6.45, 7) is 4.05. The average molecular weight is 214 g/mol. The monoisotopic (exact) mass is 213 g/mol. The lowest BCUT2D eigenvalue weighted by Gasteiger charge is -2.19. The fourth-order valence-electron chi connectivity index (χ4n) is 1.34. The highest BCUT2D eigenvalue weighted by atomic mass is 35.5. The van der Waals surface area contributed by atoms with E-state index in [1.807, 2.05) is 25.1 Å². The first kappa shape index (κ1) is 11.3. The van der Waals surface area contributed by atoms with Crippen LogP contribution in [0.15, 0.2) is 18.2 Å². The summed E-state index contributed by atoms with van der Waals surface area (Å²) >= 11 is 5.93. The van der Waals surface area contributed by atoms with E-state index in [4.69, 9.17) is 22.1 Å². The van der Waals surface area contributed by atoms with Crippen LogP contribution in [-0.2, 0) is 0 Å². The van der Waals surface area contributed by atoms with Gasteiger partial charge >= 0.3 is 0 Å². The predicted octanol–water partition coefficient (Wildman–Crippen LogP) is 2.80. The molecule has 2 nitrogen and oxygen atoms in total.